The zero-order valence-corrected chi connectivity index (χ0v) is 46.5. The second-order valence-electron chi connectivity index (χ2n) is 21.1. The van der Waals surface area contributed by atoms with Gasteiger partial charge in [0.05, 0.1) is 31.6 Å². The SMILES string of the molecule is CC[C@H](C)[C@H](NC(=O)[C@H](Cc1ccccc1)NC(=O)[C@@H](NC(=O)CNC(=O)CNC(=O)[C@@H](N)Cc1ccc(O)cc1)[C@@H](C)O)C(=O)N[C@@H](CC(C)C)C(=O)N1CCC[C@H]1C(=O)N[C@@H](Cc1cnc[nH]1)C(=O)N[C@@H](CC(C)C)C(=O)O. The summed E-state index contributed by atoms with van der Waals surface area (Å²) in [6, 6.07) is 4.61. The molecule has 80 heavy (non-hydrogen) atoms. The number of nitrogens with one attached hydrogen (secondary N) is 9. The quantitative estimate of drug-likeness (QED) is 0.0375. The zero-order valence-electron chi connectivity index (χ0n) is 46.5. The number of aliphatic hydroxyl groups excluding tert-OH is 1. The van der Waals surface area contributed by atoms with Crippen LogP contribution in [0.3, 0.4) is 0 Å². The minimum atomic E-state index is -1.64. The van der Waals surface area contributed by atoms with Crippen LogP contribution in [0.5, 0.6) is 5.75 Å². The summed E-state index contributed by atoms with van der Waals surface area (Å²) in [4.78, 5) is 144. The lowest BCUT2D eigenvalue weighted by molar-refractivity contribution is -0.144. The third-order valence-corrected chi connectivity index (χ3v) is 13.5. The molecule has 25 nitrogen and oxygen atoms in total. The molecule has 0 radical (unpaired) electrons. The van der Waals surface area contributed by atoms with E-state index in [-0.39, 0.29) is 62.7 Å². The number of amides is 9. The van der Waals surface area contributed by atoms with Gasteiger partial charge in [0.15, 0.2) is 0 Å². The van der Waals surface area contributed by atoms with Crippen molar-refractivity contribution < 1.29 is 63.3 Å². The van der Waals surface area contributed by atoms with Crippen molar-refractivity contribution >= 4 is 59.1 Å². The van der Waals surface area contributed by atoms with Crippen LogP contribution in [0.2, 0.25) is 0 Å². The number of aliphatic carboxylic acids is 1. The van der Waals surface area contributed by atoms with E-state index >= 15 is 0 Å². The zero-order chi connectivity index (χ0) is 59.2. The van der Waals surface area contributed by atoms with Crippen molar-refractivity contribution in [2.75, 3.05) is 19.6 Å². The number of imidazole rings is 1. The molecule has 0 unspecified atom stereocenters. The summed E-state index contributed by atoms with van der Waals surface area (Å²) in [6.07, 6.45) is 2.56. The van der Waals surface area contributed by atoms with E-state index in [4.69, 9.17) is 5.73 Å². The number of hydrogen-bond acceptors (Lipinski definition) is 14. The largest absolute Gasteiger partial charge is 0.508 e. The molecule has 1 saturated heterocycles. The fourth-order valence-electron chi connectivity index (χ4n) is 8.94. The number of carboxylic acid groups (broad SMARTS) is 1. The van der Waals surface area contributed by atoms with Crippen molar-refractivity contribution in [1.29, 1.82) is 0 Å². The summed E-state index contributed by atoms with van der Waals surface area (Å²) in [5.41, 5.74) is 7.72. The van der Waals surface area contributed by atoms with Gasteiger partial charge in [-0.1, -0.05) is 90.4 Å². The Bertz CT molecular complexity index is 2560. The molecule has 438 valence electrons. The average molecular weight is 1120 g/mol. The minimum absolute atomic E-state index is 0.0422. The van der Waals surface area contributed by atoms with Gasteiger partial charge in [-0.05, 0) is 80.0 Å². The van der Waals surface area contributed by atoms with Crippen molar-refractivity contribution in [2.45, 2.75) is 154 Å². The molecule has 1 aromatic heterocycles. The van der Waals surface area contributed by atoms with Gasteiger partial charge < -0.3 is 73.5 Å². The van der Waals surface area contributed by atoms with E-state index in [9.17, 15) is 63.3 Å². The standard InChI is InChI=1S/C55H80N12O13/c1-8-32(6)46(52(76)63-41(21-30(2)3)54(78)67-20-12-15-43(67)51(75)61-40(25-36-26-57-29-60-36)49(73)64-42(55(79)80)22-31(4)5)66-50(74)39(24-34-13-10-9-11-14-34)62-53(77)47(33(7)68)65-45(71)28-58-44(70)27-59-48(72)38(56)23-35-16-18-37(69)19-17-35/h9-11,13-14,16-19,26,29-33,38-43,46-47,68-69H,8,12,15,20-25,27-28,56H2,1-7H3,(H,57,60)(H,58,70)(H,59,72)(H,61,75)(H,62,77)(H,63,76)(H,64,73)(H,65,71)(H,66,74)(H,79,80)/t32-,33+,38-,39-,40-,41-,42-,43-,46-,47-/m0/s1. The predicted molar refractivity (Wildman–Crippen MR) is 292 cm³/mol. The second-order valence-corrected chi connectivity index (χ2v) is 21.1. The fourth-order valence-corrected chi connectivity index (χ4v) is 8.94. The van der Waals surface area contributed by atoms with Crippen molar-refractivity contribution in [1.82, 2.24) is 57.4 Å². The Kier molecular flexibility index (Phi) is 25.5. The molecular formula is C55H80N12O13. The van der Waals surface area contributed by atoms with Crippen LogP contribution < -0.4 is 48.3 Å². The maximum atomic E-state index is 14.6. The summed E-state index contributed by atoms with van der Waals surface area (Å²) in [5, 5.41) is 50.6. The van der Waals surface area contributed by atoms with Crippen LogP contribution in [-0.2, 0) is 67.2 Å². The Balaban J connectivity index is 1.46. The Labute approximate surface area is 465 Å². The first-order valence-corrected chi connectivity index (χ1v) is 27.0. The molecule has 9 amide bonds. The fraction of sp³-hybridized carbons (Fsp3) is 0.545. The summed E-state index contributed by atoms with van der Waals surface area (Å²) in [5.74, 6) is -8.78. The van der Waals surface area contributed by atoms with Crippen molar-refractivity contribution in [2.24, 2.45) is 23.5 Å². The van der Waals surface area contributed by atoms with E-state index in [0.717, 1.165) is 0 Å². The number of likely N-dealkylation sites (tertiary alicyclic amines) is 1. The van der Waals surface area contributed by atoms with Crippen molar-refractivity contribution in [3.63, 3.8) is 0 Å². The highest BCUT2D eigenvalue weighted by atomic mass is 16.4. The predicted octanol–water partition coefficient (Wildman–Crippen LogP) is -0.794. The molecule has 0 saturated carbocycles. The Morgan fingerprint density at radius 3 is 1.84 bits per heavy atom. The Hall–Kier alpha value is -7.93. The van der Waals surface area contributed by atoms with E-state index in [0.29, 0.717) is 29.7 Å². The van der Waals surface area contributed by atoms with Crippen LogP contribution in [0.25, 0.3) is 0 Å². The molecule has 2 aromatic carbocycles. The van der Waals surface area contributed by atoms with Gasteiger partial charge in [-0.15, -0.1) is 0 Å². The number of phenolic OH excluding ortho intramolecular Hbond substituents is 1. The van der Waals surface area contributed by atoms with Gasteiger partial charge in [-0.3, -0.25) is 43.2 Å². The number of phenols is 1. The molecule has 0 bridgehead atoms. The van der Waals surface area contributed by atoms with Gasteiger partial charge in [-0.2, -0.15) is 0 Å². The highest BCUT2D eigenvalue weighted by Gasteiger charge is 2.41. The van der Waals surface area contributed by atoms with Crippen LogP contribution in [0.1, 0.15) is 97.4 Å². The Morgan fingerprint density at radius 2 is 1.24 bits per heavy atom. The molecule has 0 aliphatic carbocycles. The lowest BCUT2D eigenvalue weighted by Crippen LogP contribution is -2.62. The number of carbonyl (C=O) groups excluding carboxylic acids is 9. The van der Waals surface area contributed by atoms with Crippen molar-refractivity contribution in [3.05, 3.63) is 83.9 Å². The lowest BCUT2D eigenvalue weighted by atomic mass is 9.95. The monoisotopic (exact) mass is 1120 g/mol. The van der Waals surface area contributed by atoms with E-state index in [2.05, 4.69) is 52.5 Å². The number of aromatic amines is 1. The molecule has 2 heterocycles. The smallest absolute Gasteiger partial charge is 0.326 e. The number of aromatic nitrogens is 2. The van der Waals surface area contributed by atoms with Crippen LogP contribution in [0.15, 0.2) is 67.1 Å². The van der Waals surface area contributed by atoms with Crippen molar-refractivity contribution in [3.8, 4) is 5.75 Å². The van der Waals surface area contributed by atoms with Gasteiger partial charge >= 0.3 is 5.97 Å². The van der Waals surface area contributed by atoms with Crippen LogP contribution in [0, 0.1) is 17.8 Å². The topological polar surface area (TPSA) is 386 Å². The maximum absolute atomic E-state index is 14.6. The molecule has 14 N–H and O–H groups in total. The van der Waals surface area contributed by atoms with E-state index in [1.807, 2.05) is 27.7 Å². The number of aliphatic hydroxyl groups is 1. The maximum Gasteiger partial charge on any atom is 0.326 e. The summed E-state index contributed by atoms with van der Waals surface area (Å²) < 4.78 is 0. The molecule has 25 heteroatoms. The molecule has 1 aliphatic heterocycles. The van der Waals surface area contributed by atoms with Crippen LogP contribution >= 0.6 is 0 Å². The van der Waals surface area contributed by atoms with E-state index in [1.54, 1.807) is 56.3 Å². The number of nitrogens with zero attached hydrogens (tertiary/aromatic N) is 2. The van der Waals surface area contributed by atoms with Crippen LogP contribution in [0.4, 0.5) is 0 Å². The van der Waals surface area contributed by atoms with Gasteiger partial charge in [-0.25, -0.2) is 9.78 Å². The lowest BCUT2D eigenvalue weighted by Gasteiger charge is -2.32. The summed E-state index contributed by atoms with van der Waals surface area (Å²) >= 11 is 0. The number of benzene rings is 2. The van der Waals surface area contributed by atoms with Gasteiger partial charge in [0, 0.05) is 31.3 Å². The first-order chi connectivity index (χ1) is 37.9. The number of hydrogen-bond donors (Lipinski definition) is 13. The molecule has 4 rings (SSSR count). The van der Waals surface area contributed by atoms with Gasteiger partial charge in [0.2, 0.25) is 53.2 Å². The molecule has 1 aliphatic rings. The first kappa shape index (κ1) is 64.6. The minimum Gasteiger partial charge on any atom is -0.508 e. The second kappa shape index (κ2) is 31.6. The molecule has 3 aromatic rings. The third-order valence-electron chi connectivity index (χ3n) is 13.5. The Morgan fingerprint density at radius 1 is 0.662 bits per heavy atom. The number of carboxylic acids is 1. The molecule has 0 spiro atoms. The summed E-state index contributed by atoms with van der Waals surface area (Å²) in [7, 11) is 0. The number of rotatable bonds is 31. The van der Waals surface area contributed by atoms with E-state index < -0.39 is 133 Å². The highest BCUT2D eigenvalue weighted by molar-refractivity contribution is 5.98. The molecule has 10 atom stereocenters. The summed E-state index contributed by atoms with van der Waals surface area (Å²) in [6.45, 7) is 11.0. The third kappa shape index (κ3) is 20.7. The first-order valence-electron chi connectivity index (χ1n) is 27.0. The number of carbonyl (C=O) groups is 10. The van der Waals surface area contributed by atoms with Gasteiger partial charge in [0.1, 0.15) is 48.0 Å². The number of H-pyrrole nitrogens is 1. The van der Waals surface area contributed by atoms with E-state index in [1.165, 1.54) is 36.5 Å². The average Bonchev–Trinajstić information content (AvgIpc) is 4.13. The number of aromatic hydroxyl groups is 1. The van der Waals surface area contributed by atoms with Gasteiger partial charge in [0.25, 0.3) is 0 Å². The molecule has 1 fully saturated rings. The normalized spacial score (nSPS) is 16.5. The number of nitrogens with two attached hydrogens (primary N) is 1. The highest BCUT2D eigenvalue weighted by Crippen LogP contribution is 2.22. The molecular weight excluding hydrogens is 1040 g/mol. The van der Waals surface area contributed by atoms with Crippen LogP contribution in [-0.4, -0.2) is 163 Å².